The number of aliphatic carboxylic acids is 1. The van der Waals surface area contributed by atoms with Gasteiger partial charge in [-0.05, 0) is 117 Å². The van der Waals surface area contributed by atoms with Gasteiger partial charge in [-0.1, -0.05) is 101 Å². The zero-order valence-corrected chi connectivity index (χ0v) is 81.6. The average molecular weight is 2030 g/mol. The van der Waals surface area contributed by atoms with Crippen LogP contribution in [-0.4, -0.2) is 450 Å². The van der Waals surface area contributed by atoms with Crippen LogP contribution in [0.25, 0.3) is 0 Å². The highest BCUT2D eigenvalue weighted by Gasteiger charge is 2.77. The standard InChI is InChI=1S/C94H152O47/c1-14-36(3)44(128-54(104)26-41(100)25-45(37(4)15-2)129-81-65(115)59(109)48(31-97)130-81)24-40(99)27-55(105)134-71-38(5)127-85(77(68(71)118)140-84-70(120)74(137-82-66(116)60(110)57(107)46(29-95)131-82)72(39(6)126-84)135-80-69(119)73(43(102)33-125-80)136-79-64(114)56(106)42(101)32-124-79)141-87(123)94-23-22-88(7,8)34-93(94,13)51-17-16-50-89(9)20-19-53(90(10,35-98)49(89)18-21-91(50,11)92(51,12)28-52(94)103)133-86-76(63(113)62(112)75(138-86)78(121)122)139-83-67(117)61(111)58(108)47(30-96)132-83/h17,35-50,52-53,56-77,79-86,95-97,99-103,106-120H,14-16,18-34H2,1-13H3,(H,121,122)/t36-,37-,38+,39-,40+,41+,42+,43+,44?,45?,46-,47+,48+,49?,50?,52+,53-,56-,57-,58-,59+,60+,61-,62-,63-,64?,65-,66-,67+,68-,69?,70+,71-,72-,73-,74?,75-,76+,77+,79-,80-,81-,82+,83-,84-,85-,86+,89-,90-,91+,92+,93-,94+/m0/s1. The molecule has 810 valence electrons. The number of hydrogen-bond donors (Lipinski definition) is 24. The van der Waals surface area contributed by atoms with Crippen LogP contribution in [0.1, 0.15) is 186 Å². The summed E-state index contributed by atoms with van der Waals surface area (Å²) in [5.74, 6) is -6.54. The topological polar surface area (TPSA) is 737 Å². The Morgan fingerprint density at radius 3 is 1.53 bits per heavy atom. The number of ether oxygens (including phenoxy) is 18. The fourth-order valence-electron chi connectivity index (χ4n) is 25.3. The number of hydrogen-bond acceptors (Lipinski definition) is 46. The Balaban J connectivity index is 0.790. The summed E-state index contributed by atoms with van der Waals surface area (Å²) < 4.78 is 109. The van der Waals surface area contributed by atoms with E-state index in [0.717, 1.165) is 11.9 Å². The van der Waals surface area contributed by atoms with Gasteiger partial charge >= 0.3 is 23.9 Å². The third kappa shape index (κ3) is 21.8. The predicted octanol–water partition coefficient (Wildman–Crippen LogP) is -5.94. The van der Waals surface area contributed by atoms with Crippen molar-refractivity contribution in [2.45, 2.75) is 450 Å². The van der Waals surface area contributed by atoms with Crippen LogP contribution in [0.3, 0.4) is 0 Å². The Labute approximate surface area is 815 Å². The summed E-state index contributed by atoms with van der Waals surface area (Å²) in [7, 11) is 0. The van der Waals surface area contributed by atoms with Gasteiger partial charge in [0.15, 0.2) is 62.3 Å². The molecule has 24 N–H and O–H groups in total. The van der Waals surface area contributed by atoms with Gasteiger partial charge in [0.2, 0.25) is 6.29 Å². The van der Waals surface area contributed by atoms with Gasteiger partial charge in [-0.2, -0.15) is 0 Å². The molecule has 47 nitrogen and oxygen atoms in total. The molecule has 0 spiro atoms. The monoisotopic (exact) mass is 2030 g/mol. The largest absolute Gasteiger partial charge is 0.479 e. The highest BCUT2D eigenvalue weighted by Crippen LogP contribution is 2.79. The Morgan fingerprint density at radius 1 is 0.461 bits per heavy atom. The number of carboxylic acid groups (broad SMARTS) is 1. The molecule has 47 heteroatoms. The van der Waals surface area contributed by atoms with Crippen molar-refractivity contribution < 1.29 is 232 Å². The number of allylic oxidation sites excluding steroid dienone is 2. The molecule has 13 aliphatic rings. The Morgan fingerprint density at radius 2 is 0.950 bits per heavy atom. The lowest BCUT2D eigenvalue weighted by Gasteiger charge is -2.73. The van der Waals surface area contributed by atoms with E-state index in [-0.39, 0.29) is 43.9 Å². The molecule has 13 rings (SSSR count). The molecule has 12 fully saturated rings. The van der Waals surface area contributed by atoms with E-state index in [2.05, 4.69) is 26.8 Å². The molecule has 8 aliphatic heterocycles. The van der Waals surface area contributed by atoms with Crippen LogP contribution in [0.15, 0.2) is 11.6 Å². The third-order valence-corrected chi connectivity index (χ3v) is 34.1. The number of aldehydes is 1. The summed E-state index contributed by atoms with van der Waals surface area (Å²) in [6.45, 7) is 19.9. The highest BCUT2D eigenvalue weighted by molar-refractivity contribution is 5.81. The van der Waals surface area contributed by atoms with Gasteiger partial charge in [0.25, 0.3) is 0 Å². The van der Waals surface area contributed by atoms with Crippen LogP contribution in [0, 0.1) is 61.6 Å². The molecule has 8 saturated heterocycles. The number of aliphatic hydroxyl groups excluding tert-OH is 23. The molecule has 0 amide bonds. The quantitative estimate of drug-likeness (QED) is 0.00924. The molecule has 141 heavy (non-hydrogen) atoms. The van der Waals surface area contributed by atoms with Crippen LogP contribution in [0.5, 0.6) is 0 Å². The van der Waals surface area contributed by atoms with Gasteiger partial charge < -0.3 is 213 Å². The zero-order chi connectivity index (χ0) is 104. The first-order valence-corrected chi connectivity index (χ1v) is 49.3. The van der Waals surface area contributed by atoms with E-state index in [1.165, 1.54) is 13.8 Å². The van der Waals surface area contributed by atoms with Crippen molar-refractivity contribution in [1.29, 1.82) is 0 Å². The van der Waals surface area contributed by atoms with Gasteiger partial charge in [0, 0.05) is 18.3 Å². The first-order valence-electron chi connectivity index (χ1n) is 49.3. The summed E-state index contributed by atoms with van der Waals surface area (Å²) in [6.07, 6.45) is -74.2. The molecule has 0 aromatic heterocycles. The summed E-state index contributed by atoms with van der Waals surface area (Å²) in [4.78, 5) is 72.1. The van der Waals surface area contributed by atoms with E-state index in [4.69, 9.17) is 85.3 Å². The molecule has 0 aromatic carbocycles. The Kier molecular flexibility index (Phi) is 36.5. The van der Waals surface area contributed by atoms with Gasteiger partial charge in [-0.15, -0.1) is 0 Å². The maximum absolute atomic E-state index is 16.8. The maximum Gasteiger partial charge on any atom is 0.335 e. The average Bonchev–Trinajstić information content (AvgIpc) is 0.821. The van der Waals surface area contributed by atoms with Crippen molar-refractivity contribution in [3.63, 3.8) is 0 Å². The molecule has 0 radical (unpaired) electrons. The van der Waals surface area contributed by atoms with Crippen LogP contribution in [-0.2, 0) is 109 Å². The summed E-state index contributed by atoms with van der Waals surface area (Å²) in [5.41, 5.74) is -7.10. The Hall–Kier alpha value is -4.23. The second-order valence-corrected chi connectivity index (χ2v) is 43.5. The molecule has 0 aromatic rings. The van der Waals surface area contributed by atoms with Crippen molar-refractivity contribution in [1.82, 2.24) is 0 Å². The SMILES string of the molecule is CC[C@H](C)C(C[C@@H](O)CC(=O)O[C@@H]1[C@H](O)[C@@H](O[C@@H]2O[C@@H](C)[C@H](O[C@@H]3OC[C@@H](O)[C@H](O[C@@H]4OC[C@@H](O)[C@H](O)C4O)C3O)C(O[C@H]3O[C@@H](CO)[C@H](O)[C@@H](O)[C@@H]3O)[C@H]2O)[C@H](OC(=O)[C@]23CCC(C)(C)C[C@@]2(C)C2=CCC4[C@@]5(C)CC[C@H](O[C@@H]6O[C@H](C(=O)O)[C@@H](O)[C@H](O)[C@H]6O[C@@H]6O[C@H](CO)[C@H](O)[C@H](O)[C@H]6O)[C@@](C)(C=O)C5CC[C@@]4(C)[C@]2(C)C[C@H]3O)O[C@@H]1C)OC(=O)C[C@H](O)CC(O[C@H]1O[C@H](CO)[C@@H](O)[C@@H]1O)[C@@H](C)CC. The number of fused-ring (bicyclic) bond motifs is 7. The molecule has 0 bridgehead atoms. The van der Waals surface area contributed by atoms with Crippen molar-refractivity contribution in [3.05, 3.63) is 11.6 Å². The predicted molar refractivity (Wildman–Crippen MR) is 469 cm³/mol. The minimum atomic E-state index is -2.37. The van der Waals surface area contributed by atoms with Gasteiger partial charge in [0.1, 0.15) is 164 Å². The van der Waals surface area contributed by atoms with Crippen molar-refractivity contribution in [2.24, 2.45) is 61.6 Å². The van der Waals surface area contributed by atoms with Crippen LogP contribution in [0.2, 0.25) is 0 Å². The van der Waals surface area contributed by atoms with Crippen molar-refractivity contribution in [3.8, 4) is 0 Å². The molecule has 7 unspecified atom stereocenters. The number of carbonyl (C=O) groups excluding carboxylic acids is 4. The fraction of sp³-hybridized carbons (Fsp3) is 0.926. The molecule has 8 heterocycles. The summed E-state index contributed by atoms with van der Waals surface area (Å²) >= 11 is 0. The van der Waals surface area contributed by atoms with E-state index in [0.29, 0.717) is 44.9 Å². The molecule has 53 atom stereocenters. The van der Waals surface area contributed by atoms with E-state index < -0.39 is 390 Å². The second-order valence-electron chi connectivity index (χ2n) is 43.5. The number of carboxylic acids is 1. The van der Waals surface area contributed by atoms with E-state index in [1.807, 2.05) is 27.7 Å². The number of aliphatic hydroxyl groups is 23. The molecular weight excluding hydrogens is 1880 g/mol. The summed E-state index contributed by atoms with van der Waals surface area (Å²) in [6, 6.07) is 0. The lowest BCUT2D eigenvalue weighted by Crippen LogP contribution is -2.71. The van der Waals surface area contributed by atoms with Crippen LogP contribution < -0.4 is 0 Å². The van der Waals surface area contributed by atoms with Gasteiger partial charge in [-0.25, -0.2) is 4.79 Å². The first-order chi connectivity index (χ1) is 66.1. The fourth-order valence-corrected chi connectivity index (χ4v) is 25.3. The van der Waals surface area contributed by atoms with Crippen molar-refractivity contribution >= 4 is 30.2 Å². The number of carbonyl (C=O) groups is 5. The van der Waals surface area contributed by atoms with E-state index >= 15 is 4.79 Å². The molecule has 5 aliphatic carbocycles. The Bertz CT molecular complexity index is 4190. The normalized spacial score (nSPS) is 49.1. The van der Waals surface area contributed by atoms with Gasteiger partial charge in [0.05, 0.1) is 94.0 Å². The highest BCUT2D eigenvalue weighted by atomic mass is 16.8. The lowest BCUT2D eigenvalue weighted by atomic mass is 9.31. The van der Waals surface area contributed by atoms with Gasteiger partial charge in [-0.3, -0.25) is 14.4 Å². The minimum absolute atomic E-state index is 0.0455. The van der Waals surface area contributed by atoms with Crippen LogP contribution >= 0.6 is 0 Å². The number of esters is 3. The zero-order valence-electron chi connectivity index (χ0n) is 81.6. The molecular formula is C94H152O47. The minimum Gasteiger partial charge on any atom is -0.479 e. The van der Waals surface area contributed by atoms with Crippen LogP contribution in [0.4, 0.5) is 0 Å². The van der Waals surface area contributed by atoms with Crippen molar-refractivity contribution in [2.75, 3.05) is 33.0 Å². The van der Waals surface area contributed by atoms with E-state index in [1.54, 1.807) is 27.7 Å². The smallest absolute Gasteiger partial charge is 0.335 e. The third-order valence-electron chi connectivity index (χ3n) is 34.1. The number of rotatable bonds is 35. The lowest BCUT2D eigenvalue weighted by molar-refractivity contribution is -0.397. The first kappa shape index (κ1) is 114. The maximum atomic E-state index is 16.8. The van der Waals surface area contributed by atoms with E-state index in [9.17, 15) is 142 Å². The summed E-state index contributed by atoms with van der Waals surface area (Å²) in [5, 5.41) is 268. The molecule has 4 saturated carbocycles. The second kappa shape index (κ2) is 45.1.